The summed E-state index contributed by atoms with van der Waals surface area (Å²) in [5, 5.41) is 4.03. The molecule has 3 rings (SSSR count). The first-order valence-electron chi connectivity index (χ1n) is 14.2. The Bertz CT molecular complexity index is 1190. The Morgan fingerprint density at radius 1 is 0.650 bits per heavy atom. The van der Waals surface area contributed by atoms with Crippen LogP contribution >= 0.6 is 0 Å². The van der Waals surface area contributed by atoms with Crippen molar-refractivity contribution in [2.75, 3.05) is 13.2 Å². The van der Waals surface area contributed by atoms with Crippen LogP contribution in [0.5, 0.6) is 17.2 Å². The van der Waals surface area contributed by atoms with Crippen molar-refractivity contribution in [3.05, 3.63) is 89.5 Å². The van der Waals surface area contributed by atoms with Crippen LogP contribution < -0.4 is 19.6 Å². The van der Waals surface area contributed by atoms with Gasteiger partial charge in [0.15, 0.2) is 0 Å². The molecule has 0 saturated carbocycles. The van der Waals surface area contributed by atoms with E-state index in [0.29, 0.717) is 30.1 Å². The second kappa shape index (κ2) is 17.5. The van der Waals surface area contributed by atoms with Gasteiger partial charge in [-0.15, -0.1) is 0 Å². The minimum atomic E-state index is -0.448. The summed E-state index contributed by atoms with van der Waals surface area (Å²) in [5.41, 5.74) is 4.20. The van der Waals surface area contributed by atoms with Gasteiger partial charge in [0.05, 0.1) is 25.0 Å². The summed E-state index contributed by atoms with van der Waals surface area (Å²) in [7, 11) is 0. The van der Waals surface area contributed by atoms with Crippen LogP contribution in [0.4, 0.5) is 0 Å². The summed E-state index contributed by atoms with van der Waals surface area (Å²) in [6.07, 6.45) is 10.7. The third-order valence-electron chi connectivity index (χ3n) is 6.21. The van der Waals surface area contributed by atoms with Gasteiger partial charge in [-0.3, -0.25) is 4.79 Å². The first-order valence-corrected chi connectivity index (χ1v) is 14.2. The number of esters is 1. The van der Waals surface area contributed by atoms with Gasteiger partial charge >= 0.3 is 5.97 Å². The summed E-state index contributed by atoms with van der Waals surface area (Å²) >= 11 is 0. The summed E-state index contributed by atoms with van der Waals surface area (Å²) in [5.74, 6) is 1.13. The minimum Gasteiger partial charge on any atom is -0.494 e. The molecule has 0 aliphatic carbocycles. The van der Waals surface area contributed by atoms with E-state index in [1.165, 1.54) is 31.9 Å². The number of nitrogens with zero attached hydrogens (tertiary/aromatic N) is 1. The van der Waals surface area contributed by atoms with Crippen LogP contribution in [0.15, 0.2) is 77.9 Å². The highest BCUT2D eigenvalue weighted by atomic mass is 16.5. The summed E-state index contributed by atoms with van der Waals surface area (Å²) in [6, 6.07) is 20.8. The van der Waals surface area contributed by atoms with Crippen LogP contribution in [-0.4, -0.2) is 31.3 Å². The van der Waals surface area contributed by atoms with E-state index < -0.39 is 5.97 Å². The number of carbonyl (C=O) groups is 2. The van der Waals surface area contributed by atoms with Crippen molar-refractivity contribution >= 4 is 18.1 Å². The van der Waals surface area contributed by atoms with Crippen molar-refractivity contribution in [2.45, 2.75) is 65.2 Å². The third kappa shape index (κ3) is 10.9. The van der Waals surface area contributed by atoms with E-state index in [4.69, 9.17) is 14.2 Å². The zero-order chi connectivity index (χ0) is 28.4. The topological polar surface area (TPSA) is 86.2 Å². The highest BCUT2D eigenvalue weighted by Gasteiger charge is 2.09. The van der Waals surface area contributed by atoms with E-state index in [2.05, 4.69) is 24.4 Å². The normalized spacial score (nSPS) is 10.8. The molecule has 212 valence electrons. The molecule has 0 heterocycles. The monoisotopic (exact) mass is 544 g/mol. The Kier molecular flexibility index (Phi) is 13.3. The predicted octanol–water partition coefficient (Wildman–Crippen LogP) is 7.59. The Balaban J connectivity index is 1.40. The third-order valence-corrected chi connectivity index (χ3v) is 6.21. The zero-order valence-corrected chi connectivity index (χ0v) is 23.6. The molecular formula is C33H40N2O5. The van der Waals surface area contributed by atoms with Gasteiger partial charge in [0.1, 0.15) is 17.2 Å². The van der Waals surface area contributed by atoms with Gasteiger partial charge in [-0.2, -0.15) is 5.10 Å². The quantitative estimate of drug-likeness (QED) is 0.0622. The zero-order valence-electron chi connectivity index (χ0n) is 23.6. The lowest BCUT2D eigenvalue weighted by Crippen LogP contribution is -2.17. The average molecular weight is 545 g/mol. The maximum atomic E-state index is 12.5. The number of rotatable bonds is 17. The standard InChI is InChI=1S/C33H40N2O5/c1-3-5-7-9-23-38-29-19-13-27(14-20-29)32(36)35-34-25-26-11-17-31(18-12-26)40-33(37)28-15-21-30(22-16-28)39-24-10-8-6-4-2/h11-22,25H,3-10,23-24H2,1-2H3,(H,35,36)/b34-25+. The number of hydrogen-bond donors (Lipinski definition) is 1. The summed E-state index contributed by atoms with van der Waals surface area (Å²) < 4.78 is 16.9. The van der Waals surface area contributed by atoms with Gasteiger partial charge in [0.2, 0.25) is 0 Å². The van der Waals surface area contributed by atoms with Gasteiger partial charge in [0.25, 0.3) is 5.91 Å². The maximum absolute atomic E-state index is 12.5. The van der Waals surface area contributed by atoms with Crippen molar-refractivity contribution in [1.29, 1.82) is 0 Å². The number of carbonyl (C=O) groups excluding carboxylic acids is 2. The number of hydrazone groups is 1. The molecule has 3 aromatic rings. The lowest BCUT2D eigenvalue weighted by Gasteiger charge is -2.08. The predicted molar refractivity (Wildman–Crippen MR) is 159 cm³/mol. The van der Waals surface area contributed by atoms with Crippen LogP contribution in [0.1, 0.15) is 91.5 Å². The van der Waals surface area contributed by atoms with Gasteiger partial charge in [0, 0.05) is 5.56 Å². The van der Waals surface area contributed by atoms with Crippen molar-refractivity contribution < 1.29 is 23.8 Å². The Hall–Kier alpha value is -4.13. The fraction of sp³-hybridized carbons (Fsp3) is 0.364. The van der Waals surface area contributed by atoms with Gasteiger partial charge < -0.3 is 14.2 Å². The molecule has 0 atom stereocenters. The summed E-state index contributed by atoms with van der Waals surface area (Å²) in [6.45, 7) is 5.70. The SMILES string of the molecule is CCCCCCOc1ccc(C(=O)N/N=C/c2ccc(OC(=O)c3ccc(OCCCCCC)cc3)cc2)cc1. The number of amides is 1. The Morgan fingerprint density at radius 2 is 1.15 bits per heavy atom. The molecule has 0 spiro atoms. The van der Waals surface area contributed by atoms with E-state index in [1.54, 1.807) is 72.8 Å². The molecule has 0 aliphatic rings. The van der Waals surface area contributed by atoms with Crippen LogP contribution in [0.2, 0.25) is 0 Å². The van der Waals surface area contributed by atoms with Crippen molar-refractivity contribution in [3.8, 4) is 17.2 Å². The van der Waals surface area contributed by atoms with Crippen molar-refractivity contribution in [3.63, 3.8) is 0 Å². The van der Waals surface area contributed by atoms with E-state index in [0.717, 1.165) is 42.7 Å². The van der Waals surface area contributed by atoms with Crippen LogP contribution in [-0.2, 0) is 0 Å². The molecule has 40 heavy (non-hydrogen) atoms. The van der Waals surface area contributed by atoms with Crippen LogP contribution in [0.25, 0.3) is 0 Å². The van der Waals surface area contributed by atoms with Gasteiger partial charge in [-0.25, -0.2) is 10.2 Å². The fourth-order valence-electron chi connectivity index (χ4n) is 3.85. The van der Waals surface area contributed by atoms with Crippen LogP contribution in [0, 0.1) is 0 Å². The first kappa shape index (κ1) is 30.4. The first-order chi connectivity index (χ1) is 19.6. The second-order valence-electron chi connectivity index (χ2n) is 9.52. The molecule has 0 radical (unpaired) electrons. The molecule has 0 saturated heterocycles. The van der Waals surface area contributed by atoms with E-state index in [-0.39, 0.29) is 5.91 Å². The molecule has 0 bridgehead atoms. The minimum absolute atomic E-state index is 0.316. The number of nitrogens with one attached hydrogen (secondary N) is 1. The molecule has 0 aliphatic heterocycles. The van der Waals surface area contributed by atoms with Gasteiger partial charge in [-0.05, 0) is 91.2 Å². The summed E-state index contributed by atoms with van der Waals surface area (Å²) in [4.78, 5) is 24.9. The van der Waals surface area contributed by atoms with E-state index >= 15 is 0 Å². The average Bonchev–Trinajstić information content (AvgIpc) is 2.98. The number of ether oxygens (including phenoxy) is 3. The second-order valence-corrected chi connectivity index (χ2v) is 9.52. The Morgan fingerprint density at radius 3 is 1.68 bits per heavy atom. The number of benzene rings is 3. The molecule has 3 aromatic carbocycles. The molecule has 0 unspecified atom stereocenters. The molecule has 0 aromatic heterocycles. The maximum Gasteiger partial charge on any atom is 0.343 e. The lowest BCUT2D eigenvalue weighted by atomic mass is 10.2. The van der Waals surface area contributed by atoms with Crippen molar-refractivity contribution in [2.24, 2.45) is 5.10 Å². The molecule has 1 amide bonds. The molecule has 7 nitrogen and oxygen atoms in total. The molecule has 0 fully saturated rings. The smallest absolute Gasteiger partial charge is 0.343 e. The number of hydrogen-bond acceptors (Lipinski definition) is 6. The highest BCUT2D eigenvalue weighted by Crippen LogP contribution is 2.17. The van der Waals surface area contributed by atoms with Crippen LogP contribution in [0.3, 0.4) is 0 Å². The molecule has 1 N–H and O–H groups in total. The Labute approximate surface area is 237 Å². The molecule has 7 heteroatoms. The lowest BCUT2D eigenvalue weighted by molar-refractivity contribution is 0.0734. The van der Waals surface area contributed by atoms with E-state index in [9.17, 15) is 9.59 Å². The van der Waals surface area contributed by atoms with Gasteiger partial charge in [-0.1, -0.05) is 52.4 Å². The fourth-order valence-corrected chi connectivity index (χ4v) is 3.85. The largest absolute Gasteiger partial charge is 0.494 e. The van der Waals surface area contributed by atoms with Crippen molar-refractivity contribution in [1.82, 2.24) is 5.43 Å². The molecular weight excluding hydrogens is 504 g/mol. The highest BCUT2D eigenvalue weighted by molar-refractivity contribution is 5.95. The number of unbranched alkanes of at least 4 members (excludes halogenated alkanes) is 6. The van der Waals surface area contributed by atoms with E-state index in [1.807, 2.05) is 0 Å².